The third-order valence-electron chi connectivity index (χ3n) is 4.86. The molecular formula is C25H17N. The van der Waals surface area contributed by atoms with Gasteiger partial charge >= 0.3 is 0 Å². The fourth-order valence-corrected chi connectivity index (χ4v) is 3.54. The van der Waals surface area contributed by atoms with E-state index in [2.05, 4.69) is 103 Å². The van der Waals surface area contributed by atoms with Crippen LogP contribution in [0.4, 0.5) is 0 Å². The van der Waals surface area contributed by atoms with Crippen LogP contribution in [0.1, 0.15) is 0 Å². The van der Waals surface area contributed by atoms with Gasteiger partial charge in [0.1, 0.15) is 0 Å². The molecule has 0 aliphatic heterocycles. The first-order valence-corrected chi connectivity index (χ1v) is 8.83. The third-order valence-corrected chi connectivity index (χ3v) is 4.86. The maximum absolute atomic E-state index is 4.97. The van der Waals surface area contributed by atoms with Crippen molar-refractivity contribution in [3.05, 3.63) is 103 Å². The molecule has 26 heavy (non-hydrogen) atoms. The fourth-order valence-electron chi connectivity index (χ4n) is 3.54. The number of nitrogens with zero attached hydrogens (tertiary/aromatic N) is 1. The molecule has 1 nitrogen and oxygen atoms in total. The van der Waals surface area contributed by atoms with E-state index in [4.69, 9.17) is 4.98 Å². The van der Waals surface area contributed by atoms with Gasteiger partial charge in [-0.3, -0.25) is 0 Å². The lowest BCUT2D eigenvalue weighted by molar-refractivity contribution is 1.33. The first-order valence-electron chi connectivity index (χ1n) is 8.83. The van der Waals surface area contributed by atoms with E-state index < -0.39 is 0 Å². The molecule has 0 amide bonds. The van der Waals surface area contributed by atoms with E-state index in [1.807, 2.05) is 0 Å². The Morgan fingerprint density at radius 2 is 1.15 bits per heavy atom. The van der Waals surface area contributed by atoms with Crippen molar-refractivity contribution >= 4 is 21.5 Å². The van der Waals surface area contributed by atoms with Crippen molar-refractivity contribution in [3.8, 4) is 22.5 Å². The van der Waals surface area contributed by atoms with Crippen LogP contribution in [0.2, 0.25) is 0 Å². The Balaban J connectivity index is 1.66. The highest BCUT2D eigenvalue weighted by Crippen LogP contribution is 2.30. The van der Waals surface area contributed by atoms with Crippen molar-refractivity contribution in [3.63, 3.8) is 0 Å². The standard InChI is InChI=1S/C25H17N/c1-2-9-20-17-21(16-15-18(20)7-1)24-13-6-14-25(26-24)23-12-5-10-19-8-3-4-11-22(19)23/h1-17H. The van der Waals surface area contributed by atoms with Gasteiger partial charge in [0.15, 0.2) is 0 Å². The fraction of sp³-hybridized carbons (Fsp3) is 0. The highest BCUT2D eigenvalue weighted by molar-refractivity contribution is 5.96. The monoisotopic (exact) mass is 331 g/mol. The van der Waals surface area contributed by atoms with Gasteiger partial charge in [0.2, 0.25) is 0 Å². The van der Waals surface area contributed by atoms with Gasteiger partial charge in [0, 0.05) is 11.1 Å². The van der Waals surface area contributed by atoms with Crippen LogP contribution < -0.4 is 0 Å². The van der Waals surface area contributed by atoms with Crippen LogP contribution >= 0.6 is 0 Å². The molecule has 1 aromatic heterocycles. The van der Waals surface area contributed by atoms with Crippen molar-refractivity contribution in [2.75, 3.05) is 0 Å². The van der Waals surface area contributed by atoms with E-state index in [1.165, 1.54) is 27.1 Å². The lowest BCUT2D eigenvalue weighted by Crippen LogP contribution is -1.89. The van der Waals surface area contributed by atoms with Crippen molar-refractivity contribution in [2.45, 2.75) is 0 Å². The van der Waals surface area contributed by atoms with Gasteiger partial charge in [0.25, 0.3) is 0 Å². The Hall–Kier alpha value is -3.45. The molecule has 0 unspecified atom stereocenters. The second kappa shape index (κ2) is 6.12. The van der Waals surface area contributed by atoms with Gasteiger partial charge in [-0.2, -0.15) is 0 Å². The SMILES string of the molecule is c1cc(-c2ccc3ccccc3c2)nc(-c2cccc3ccccc23)c1. The molecule has 0 radical (unpaired) electrons. The van der Waals surface area contributed by atoms with E-state index >= 15 is 0 Å². The number of hydrogen-bond donors (Lipinski definition) is 0. The Morgan fingerprint density at radius 1 is 0.462 bits per heavy atom. The molecule has 1 heteroatoms. The van der Waals surface area contributed by atoms with Gasteiger partial charge in [-0.05, 0) is 39.7 Å². The van der Waals surface area contributed by atoms with Crippen LogP contribution in [0, 0.1) is 0 Å². The Labute approximate surface area is 152 Å². The minimum absolute atomic E-state index is 1.00. The van der Waals surface area contributed by atoms with Crippen LogP contribution in [0.25, 0.3) is 44.1 Å². The van der Waals surface area contributed by atoms with Gasteiger partial charge in [-0.1, -0.05) is 84.9 Å². The molecule has 0 aliphatic rings. The topological polar surface area (TPSA) is 12.9 Å². The molecule has 0 N–H and O–H groups in total. The summed E-state index contributed by atoms with van der Waals surface area (Å²) >= 11 is 0. The van der Waals surface area contributed by atoms with Crippen LogP contribution in [0.15, 0.2) is 103 Å². The molecule has 1 heterocycles. The summed E-state index contributed by atoms with van der Waals surface area (Å²) in [6.45, 7) is 0. The number of hydrogen-bond acceptors (Lipinski definition) is 1. The smallest absolute Gasteiger partial charge is 0.0715 e. The van der Waals surface area contributed by atoms with Crippen LogP contribution in [0.3, 0.4) is 0 Å². The normalized spacial score (nSPS) is 11.1. The molecule has 4 aromatic carbocycles. The highest BCUT2D eigenvalue weighted by atomic mass is 14.7. The number of benzene rings is 4. The highest BCUT2D eigenvalue weighted by Gasteiger charge is 2.07. The quantitative estimate of drug-likeness (QED) is 0.350. The van der Waals surface area contributed by atoms with Crippen molar-refractivity contribution in [1.29, 1.82) is 0 Å². The largest absolute Gasteiger partial charge is 0.248 e. The average Bonchev–Trinajstić information content (AvgIpc) is 2.73. The summed E-state index contributed by atoms with van der Waals surface area (Å²) in [4.78, 5) is 4.97. The summed E-state index contributed by atoms with van der Waals surface area (Å²) in [5.74, 6) is 0. The average molecular weight is 331 g/mol. The Bertz CT molecular complexity index is 1230. The zero-order chi connectivity index (χ0) is 17.3. The first-order chi connectivity index (χ1) is 12.9. The van der Waals surface area contributed by atoms with Gasteiger partial charge in [-0.15, -0.1) is 0 Å². The van der Waals surface area contributed by atoms with Crippen LogP contribution in [-0.4, -0.2) is 4.98 Å². The van der Waals surface area contributed by atoms with Gasteiger partial charge < -0.3 is 0 Å². The second-order valence-corrected chi connectivity index (χ2v) is 6.50. The van der Waals surface area contributed by atoms with Crippen molar-refractivity contribution < 1.29 is 0 Å². The summed E-state index contributed by atoms with van der Waals surface area (Å²) in [6, 6.07) is 36.1. The molecule has 122 valence electrons. The Morgan fingerprint density at radius 3 is 2.08 bits per heavy atom. The number of pyridine rings is 1. The lowest BCUT2D eigenvalue weighted by Gasteiger charge is -2.09. The van der Waals surface area contributed by atoms with Gasteiger partial charge in [0.05, 0.1) is 11.4 Å². The van der Waals surface area contributed by atoms with E-state index in [0.717, 1.165) is 17.0 Å². The lowest BCUT2D eigenvalue weighted by atomic mass is 10.0. The Kier molecular flexibility index (Phi) is 3.50. The van der Waals surface area contributed by atoms with E-state index in [-0.39, 0.29) is 0 Å². The molecule has 0 atom stereocenters. The third kappa shape index (κ3) is 2.55. The molecule has 0 fully saturated rings. The number of aromatic nitrogens is 1. The number of fused-ring (bicyclic) bond motifs is 2. The number of rotatable bonds is 2. The molecule has 5 rings (SSSR count). The summed E-state index contributed by atoms with van der Waals surface area (Å²) in [5.41, 5.74) is 4.32. The van der Waals surface area contributed by atoms with Crippen molar-refractivity contribution in [1.82, 2.24) is 4.98 Å². The predicted molar refractivity (Wildman–Crippen MR) is 110 cm³/mol. The minimum Gasteiger partial charge on any atom is -0.248 e. The molecule has 0 spiro atoms. The molecule has 5 aromatic rings. The zero-order valence-corrected chi connectivity index (χ0v) is 14.3. The maximum Gasteiger partial charge on any atom is 0.0715 e. The summed E-state index contributed by atoms with van der Waals surface area (Å²) in [6.07, 6.45) is 0. The van der Waals surface area contributed by atoms with Crippen LogP contribution in [-0.2, 0) is 0 Å². The zero-order valence-electron chi connectivity index (χ0n) is 14.3. The minimum atomic E-state index is 1.00. The predicted octanol–water partition coefficient (Wildman–Crippen LogP) is 6.72. The van der Waals surface area contributed by atoms with E-state index in [9.17, 15) is 0 Å². The van der Waals surface area contributed by atoms with Gasteiger partial charge in [-0.25, -0.2) is 4.98 Å². The summed E-state index contributed by atoms with van der Waals surface area (Å²) in [5, 5.41) is 4.96. The summed E-state index contributed by atoms with van der Waals surface area (Å²) in [7, 11) is 0. The molecule has 0 aliphatic carbocycles. The molecule has 0 saturated heterocycles. The maximum atomic E-state index is 4.97. The molecular weight excluding hydrogens is 314 g/mol. The van der Waals surface area contributed by atoms with E-state index in [1.54, 1.807) is 0 Å². The van der Waals surface area contributed by atoms with E-state index in [0.29, 0.717) is 0 Å². The second-order valence-electron chi connectivity index (χ2n) is 6.50. The first kappa shape index (κ1) is 14.9. The summed E-state index contributed by atoms with van der Waals surface area (Å²) < 4.78 is 0. The molecule has 0 saturated carbocycles. The molecule has 0 bridgehead atoms. The van der Waals surface area contributed by atoms with Crippen molar-refractivity contribution in [2.24, 2.45) is 0 Å². The van der Waals surface area contributed by atoms with Crippen LogP contribution in [0.5, 0.6) is 0 Å².